The van der Waals surface area contributed by atoms with E-state index in [9.17, 15) is 19.6 Å². The van der Waals surface area contributed by atoms with Crippen LogP contribution in [0.25, 0.3) is 0 Å². The molecule has 5 rings (SSSR count). The van der Waals surface area contributed by atoms with E-state index in [-0.39, 0.29) is 29.8 Å². The number of nitriles is 1. The van der Waals surface area contributed by atoms with Gasteiger partial charge >= 0.3 is 6.03 Å². The molecule has 2 amide bonds. The van der Waals surface area contributed by atoms with Crippen molar-refractivity contribution in [1.82, 2.24) is 14.9 Å². The van der Waals surface area contributed by atoms with Crippen LogP contribution in [0.15, 0.2) is 24.0 Å². The van der Waals surface area contributed by atoms with Gasteiger partial charge in [0.15, 0.2) is 6.29 Å². The van der Waals surface area contributed by atoms with E-state index in [1.165, 1.54) is 11.1 Å². The Balaban J connectivity index is 1.35. The van der Waals surface area contributed by atoms with E-state index in [2.05, 4.69) is 26.7 Å². The van der Waals surface area contributed by atoms with Crippen LogP contribution in [0, 0.1) is 11.3 Å². The number of methoxy groups -OCH3 is 2. The zero-order chi connectivity index (χ0) is 28.2. The lowest BCUT2D eigenvalue weighted by Gasteiger charge is -2.36. The Morgan fingerprint density at radius 3 is 2.75 bits per heavy atom. The van der Waals surface area contributed by atoms with E-state index >= 15 is 0 Å². The van der Waals surface area contributed by atoms with Crippen LogP contribution in [-0.4, -0.2) is 78.7 Å². The number of nitrogens with one attached hydrogen (secondary N) is 2. The summed E-state index contributed by atoms with van der Waals surface area (Å²) in [7, 11) is 3.21. The highest BCUT2D eigenvalue weighted by Crippen LogP contribution is 2.32. The number of urea groups is 1. The minimum absolute atomic E-state index is 0.0681. The van der Waals surface area contributed by atoms with E-state index in [1.54, 1.807) is 20.3 Å². The molecule has 2 N–H and O–H groups in total. The van der Waals surface area contributed by atoms with E-state index < -0.39 is 6.03 Å². The molecule has 3 aliphatic rings. The van der Waals surface area contributed by atoms with Crippen molar-refractivity contribution in [1.29, 1.82) is 5.26 Å². The average molecular weight is 546 g/mol. The molecule has 208 valence electrons. The Morgan fingerprint density at radius 1 is 1.23 bits per heavy atom. The molecule has 2 fully saturated rings. The molecule has 0 aromatic carbocycles. The number of aryl methyl sites for hydroxylation is 1. The summed E-state index contributed by atoms with van der Waals surface area (Å²) in [4.78, 5) is 49.1. The predicted octanol–water partition coefficient (Wildman–Crippen LogP) is 2.67. The van der Waals surface area contributed by atoms with Crippen LogP contribution >= 0.6 is 0 Å². The van der Waals surface area contributed by atoms with Gasteiger partial charge in [-0.05, 0) is 43.7 Å². The van der Waals surface area contributed by atoms with Gasteiger partial charge in [-0.1, -0.05) is 0 Å². The summed E-state index contributed by atoms with van der Waals surface area (Å²) < 4.78 is 10.8. The summed E-state index contributed by atoms with van der Waals surface area (Å²) in [5.41, 5.74) is 3.10. The number of carbonyl (C=O) groups is 2. The number of likely N-dealkylation sites (tertiary alicyclic amines) is 1. The molecule has 0 radical (unpaired) electrons. The molecule has 4 heterocycles. The van der Waals surface area contributed by atoms with Crippen molar-refractivity contribution < 1.29 is 23.9 Å². The summed E-state index contributed by atoms with van der Waals surface area (Å²) in [5.74, 6) is 2.68. The summed E-state index contributed by atoms with van der Waals surface area (Å²) in [6.45, 7) is 1.34. The Labute approximate surface area is 232 Å². The molecular weight excluding hydrogens is 514 g/mol. The summed E-state index contributed by atoms with van der Waals surface area (Å²) >= 11 is 0. The summed E-state index contributed by atoms with van der Waals surface area (Å²) in [5, 5.41) is 15.7. The van der Waals surface area contributed by atoms with Crippen molar-refractivity contribution in [2.24, 2.45) is 0 Å². The van der Waals surface area contributed by atoms with Crippen LogP contribution < -0.4 is 15.5 Å². The molecule has 0 bridgehead atoms. The minimum atomic E-state index is -0.437. The molecular formula is C28H31N7O5. The minimum Gasteiger partial charge on any atom is -0.379 e. The van der Waals surface area contributed by atoms with E-state index in [1.807, 2.05) is 16.9 Å². The molecule has 1 saturated heterocycles. The number of anilines is 3. The first-order chi connectivity index (χ1) is 19.5. The van der Waals surface area contributed by atoms with E-state index in [0.717, 1.165) is 18.4 Å². The first-order valence-corrected chi connectivity index (χ1v) is 13.3. The number of fused-ring (bicyclic) bond motifs is 1. The van der Waals surface area contributed by atoms with Crippen molar-refractivity contribution in [3.63, 3.8) is 0 Å². The van der Waals surface area contributed by atoms with Gasteiger partial charge < -0.3 is 19.7 Å². The second-order valence-electron chi connectivity index (χ2n) is 10.1. The monoisotopic (exact) mass is 545 g/mol. The highest BCUT2D eigenvalue weighted by Gasteiger charge is 2.33. The Bertz CT molecular complexity index is 1400. The number of pyridine rings is 2. The maximum Gasteiger partial charge on any atom is 0.328 e. The number of amides is 2. The van der Waals surface area contributed by atoms with E-state index in [4.69, 9.17) is 9.47 Å². The topological polar surface area (TPSA) is 150 Å². The molecule has 40 heavy (non-hydrogen) atoms. The number of hydrogen-bond acceptors (Lipinski definition) is 10. The highest BCUT2D eigenvalue weighted by atomic mass is 16.5. The number of aldehydes is 1. The van der Waals surface area contributed by atoms with Crippen LogP contribution in [0.3, 0.4) is 0 Å². The van der Waals surface area contributed by atoms with Gasteiger partial charge in [-0.15, -0.1) is 0 Å². The van der Waals surface area contributed by atoms with Gasteiger partial charge in [0.25, 0.3) is 0 Å². The fourth-order valence-corrected chi connectivity index (χ4v) is 5.47. The Kier molecular flexibility index (Phi) is 8.07. The standard InChI is InChI=1S/C28H31N7O5/c1-39-24-6-5-20(24)31-21-11-26(30-13-19(21)12-29)33-28(38)35-8-3-4-17-10-18(22(15-36)32-27(17)35)14-34-9-7-25(40-2)23(34)16-37/h10-11,13,15,20,24-25H,3-9,14H2,1-2H3,(H2,30,31,33,38)/t20-,24+,25-/m0/s1. The van der Waals surface area contributed by atoms with Crippen molar-refractivity contribution in [3.05, 3.63) is 46.4 Å². The lowest BCUT2D eigenvalue weighted by Crippen LogP contribution is -2.44. The quantitative estimate of drug-likeness (QED) is 0.374. The smallest absolute Gasteiger partial charge is 0.328 e. The predicted molar refractivity (Wildman–Crippen MR) is 146 cm³/mol. The van der Waals surface area contributed by atoms with Crippen molar-refractivity contribution in [2.75, 3.05) is 42.8 Å². The number of nitrogens with zero attached hydrogens (tertiary/aromatic N) is 5. The molecule has 3 atom stereocenters. The summed E-state index contributed by atoms with van der Waals surface area (Å²) in [6.07, 6.45) is 5.78. The third-order valence-corrected chi connectivity index (χ3v) is 7.80. The third kappa shape index (κ3) is 5.27. The highest BCUT2D eigenvalue weighted by molar-refractivity contribution is 6.01. The first-order valence-electron chi connectivity index (χ1n) is 13.3. The van der Waals surface area contributed by atoms with Crippen molar-refractivity contribution in [3.8, 4) is 6.07 Å². The second-order valence-corrected chi connectivity index (χ2v) is 10.1. The fraction of sp³-hybridized carbons (Fsp3) is 0.464. The van der Waals surface area contributed by atoms with Crippen LogP contribution in [0.1, 0.15) is 52.9 Å². The van der Waals surface area contributed by atoms with Gasteiger partial charge in [0.05, 0.1) is 23.4 Å². The first kappa shape index (κ1) is 27.3. The lowest BCUT2D eigenvalue weighted by atomic mass is 9.88. The van der Waals surface area contributed by atoms with Crippen LogP contribution in [0.4, 0.5) is 22.1 Å². The van der Waals surface area contributed by atoms with Crippen LogP contribution in [0.5, 0.6) is 0 Å². The Morgan fingerprint density at radius 2 is 2.08 bits per heavy atom. The van der Waals surface area contributed by atoms with Gasteiger partial charge in [-0.3, -0.25) is 15.0 Å². The van der Waals surface area contributed by atoms with Crippen molar-refractivity contribution >= 4 is 35.6 Å². The van der Waals surface area contributed by atoms with Gasteiger partial charge in [0.2, 0.25) is 0 Å². The zero-order valence-electron chi connectivity index (χ0n) is 22.5. The lowest BCUT2D eigenvalue weighted by molar-refractivity contribution is 0.0286. The molecule has 12 nitrogen and oxygen atoms in total. The Hall–Kier alpha value is -4.30. The maximum absolute atomic E-state index is 13.4. The SMILES string of the molecule is CO[C@H]1CCN(Cc2cc3c(nc2C=O)N(C(=O)Nc2cc(N[C@H]4CC[C@H]4OC)c(C#N)cn2)CCC3)C1=C=O. The van der Waals surface area contributed by atoms with Crippen LogP contribution in [0.2, 0.25) is 0 Å². The largest absolute Gasteiger partial charge is 0.379 e. The summed E-state index contributed by atoms with van der Waals surface area (Å²) in [6, 6.07) is 5.30. The van der Waals surface area contributed by atoms with Crippen LogP contribution in [-0.2, 0) is 27.2 Å². The third-order valence-electron chi connectivity index (χ3n) is 7.80. The maximum atomic E-state index is 13.4. The number of hydrogen-bond donors (Lipinski definition) is 2. The zero-order valence-corrected chi connectivity index (χ0v) is 22.5. The number of carbonyl (C=O) groups excluding carboxylic acids is 3. The molecule has 12 heteroatoms. The molecule has 1 aliphatic carbocycles. The second kappa shape index (κ2) is 11.8. The van der Waals surface area contributed by atoms with Gasteiger partial charge in [0, 0.05) is 51.7 Å². The molecule has 0 unspecified atom stereocenters. The fourth-order valence-electron chi connectivity index (χ4n) is 5.47. The van der Waals surface area contributed by atoms with Crippen molar-refractivity contribution in [2.45, 2.75) is 56.9 Å². The number of aromatic nitrogens is 2. The van der Waals surface area contributed by atoms with Gasteiger partial charge in [-0.25, -0.2) is 19.6 Å². The molecule has 2 aliphatic heterocycles. The molecule has 2 aromatic heterocycles. The molecule has 2 aromatic rings. The molecule has 1 saturated carbocycles. The normalized spacial score (nSPS) is 21.6. The van der Waals surface area contributed by atoms with Gasteiger partial charge in [0.1, 0.15) is 41.1 Å². The van der Waals surface area contributed by atoms with Gasteiger partial charge in [-0.2, -0.15) is 5.26 Å². The number of ether oxygens (including phenoxy) is 2. The van der Waals surface area contributed by atoms with E-state index in [0.29, 0.717) is 73.5 Å². The average Bonchev–Trinajstić information content (AvgIpc) is 3.36. The molecule has 0 spiro atoms. The number of rotatable bonds is 8.